The van der Waals surface area contributed by atoms with Crippen LogP contribution < -0.4 is 5.32 Å². The lowest BCUT2D eigenvalue weighted by Gasteiger charge is -2.16. The van der Waals surface area contributed by atoms with Gasteiger partial charge in [-0.2, -0.15) is 4.80 Å². The maximum atomic E-state index is 13.4. The summed E-state index contributed by atoms with van der Waals surface area (Å²) in [4.78, 5) is 1.38. The van der Waals surface area contributed by atoms with Gasteiger partial charge in [-0.25, -0.2) is 4.39 Å². The molecule has 1 aromatic carbocycles. The van der Waals surface area contributed by atoms with Gasteiger partial charge in [0.05, 0.1) is 12.1 Å². The molecule has 0 radical (unpaired) electrons. The van der Waals surface area contributed by atoms with Crippen LogP contribution in [0, 0.1) is 5.82 Å². The number of tetrazole rings is 1. The molecular formula is C11H13ClFN5. The van der Waals surface area contributed by atoms with Crippen LogP contribution in [-0.2, 0) is 13.5 Å². The van der Waals surface area contributed by atoms with Gasteiger partial charge in [0.15, 0.2) is 5.82 Å². The van der Waals surface area contributed by atoms with Gasteiger partial charge in [0.1, 0.15) is 5.82 Å². The van der Waals surface area contributed by atoms with E-state index in [1.807, 2.05) is 0 Å². The topological polar surface area (TPSA) is 55.6 Å². The van der Waals surface area contributed by atoms with Gasteiger partial charge >= 0.3 is 0 Å². The second-order valence-corrected chi connectivity index (χ2v) is 4.26. The van der Waals surface area contributed by atoms with Gasteiger partial charge in [-0.3, -0.25) is 0 Å². The van der Waals surface area contributed by atoms with E-state index < -0.39 is 5.82 Å². The lowest BCUT2D eigenvalue weighted by molar-refractivity contribution is 0.561. The summed E-state index contributed by atoms with van der Waals surface area (Å²) in [6.45, 7) is 0. The Morgan fingerprint density at radius 3 is 2.89 bits per heavy atom. The third-order valence-electron chi connectivity index (χ3n) is 2.64. The zero-order valence-corrected chi connectivity index (χ0v) is 10.8. The van der Waals surface area contributed by atoms with E-state index in [0.717, 1.165) is 0 Å². The molecule has 0 amide bonds. The van der Waals surface area contributed by atoms with Gasteiger partial charge in [0.25, 0.3) is 0 Å². The summed E-state index contributed by atoms with van der Waals surface area (Å²) in [7, 11) is 3.47. The molecular weight excluding hydrogens is 257 g/mol. The van der Waals surface area contributed by atoms with E-state index in [0.29, 0.717) is 17.8 Å². The fourth-order valence-electron chi connectivity index (χ4n) is 1.74. The SMILES string of the molecule is CNC(Cc1nnn(C)n1)c1cccc(F)c1Cl. The summed E-state index contributed by atoms with van der Waals surface area (Å²) >= 11 is 5.96. The molecule has 2 aromatic rings. The number of rotatable bonds is 4. The Labute approximate surface area is 109 Å². The largest absolute Gasteiger partial charge is 0.313 e. The van der Waals surface area contributed by atoms with Crippen molar-refractivity contribution in [2.24, 2.45) is 7.05 Å². The first-order valence-electron chi connectivity index (χ1n) is 5.46. The van der Waals surface area contributed by atoms with Crippen molar-refractivity contribution < 1.29 is 4.39 Å². The van der Waals surface area contributed by atoms with Gasteiger partial charge in [-0.05, 0) is 23.9 Å². The van der Waals surface area contributed by atoms with E-state index in [-0.39, 0.29) is 11.1 Å². The van der Waals surface area contributed by atoms with Crippen LogP contribution in [0.3, 0.4) is 0 Å². The summed E-state index contributed by atoms with van der Waals surface area (Å²) in [6.07, 6.45) is 0.494. The maximum absolute atomic E-state index is 13.4. The number of likely N-dealkylation sites (N-methyl/N-ethyl adjacent to an activating group) is 1. The molecule has 0 aliphatic carbocycles. The number of hydrogen-bond acceptors (Lipinski definition) is 4. The van der Waals surface area contributed by atoms with Crippen LogP contribution in [-0.4, -0.2) is 27.3 Å². The summed E-state index contributed by atoms with van der Waals surface area (Å²) in [6, 6.07) is 4.59. The molecule has 7 heteroatoms. The highest BCUT2D eigenvalue weighted by Crippen LogP contribution is 2.26. The molecule has 1 atom stereocenters. The molecule has 1 unspecified atom stereocenters. The van der Waals surface area contributed by atoms with Crippen LogP contribution in [0.5, 0.6) is 0 Å². The van der Waals surface area contributed by atoms with Gasteiger partial charge in [-0.15, -0.1) is 10.2 Å². The molecule has 0 aliphatic rings. The van der Waals surface area contributed by atoms with Crippen LogP contribution in [0.4, 0.5) is 4.39 Å². The van der Waals surface area contributed by atoms with Crippen LogP contribution in [0.2, 0.25) is 5.02 Å². The summed E-state index contributed by atoms with van der Waals surface area (Å²) < 4.78 is 13.4. The van der Waals surface area contributed by atoms with Crippen molar-refractivity contribution in [3.63, 3.8) is 0 Å². The number of aryl methyl sites for hydroxylation is 1. The monoisotopic (exact) mass is 269 g/mol. The summed E-state index contributed by atoms with van der Waals surface area (Å²) in [5.74, 6) is 0.152. The molecule has 2 rings (SSSR count). The molecule has 5 nitrogen and oxygen atoms in total. The van der Waals surface area contributed by atoms with Gasteiger partial charge < -0.3 is 5.32 Å². The first kappa shape index (κ1) is 12.9. The standard InChI is InChI=1S/C11H13ClFN5/c1-14-9(6-10-15-17-18(2)16-10)7-4-3-5-8(13)11(7)12/h3-5,9,14H,6H2,1-2H3. The Bertz CT molecular complexity index is 542. The van der Waals surface area contributed by atoms with Crippen LogP contribution in [0.15, 0.2) is 18.2 Å². The Hall–Kier alpha value is -1.53. The fourth-order valence-corrected chi connectivity index (χ4v) is 2.00. The van der Waals surface area contributed by atoms with Gasteiger partial charge in [0.2, 0.25) is 0 Å². The Morgan fingerprint density at radius 1 is 1.50 bits per heavy atom. The Balaban J connectivity index is 2.25. The maximum Gasteiger partial charge on any atom is 0.176 e. The lowest BCUT2D eigenvalue weighted by atomic mass is 10.0. The number of halogens is 2. The molecule has 0 bridgehead atoms. The predicted molar refractivity (Wildman–Crippen MR) is 65.7 cm³/mol. The summed E-state index contributed by atoms with van der Waals surface area (Å²) in [5, 5.41) is 15.0. The van der Waals surface area contributed by atoms with Crippen molar-refractivity contribution in [3.8, 4) is 0 Å². The highest BCUT2D eigenvalue weighted by molar-refractivity contribution is 6.31. The van der Waals surface area contributed by atoms with Crippen molar-refractivity contribution in [1.82, 2.24) is 25.5 Å². The van der Waals surface area contributed by atoms with Gasteiger partial charge in [0, 0.05) is 12.5 Å². The van der Waals surface area contributed by atoms with Crippen molar-refractivity contribution >= 4 is 11.6 Å². The molecule has 0 spiro atoms. The van der Waals surface area contributed by atoms with E-state index in [4.69, 9.17) is 11.6 Å². The quantitative estimate of drug-likeness (QED) is 0.914. The van der Waals surface area contributed by atoms with E-state index in [2.05, 4.69) is 20.7 Å². The number of hydrogen-bond donors (Lipinski definition) is 1. The minimum Gasteiger partial charge on any atom is -0.313 e. The molecule has 1 heterocycles. The molecule has 0 aliphatic heterocycles. The van der Waals surface area contributed by atoms with E-state index in [1.54, 1.807) is 26.2 Å². The highest BCUT2D eigenvalue weighted by atomic mass is 35.5. The average molecular weight is 270 g/mol. The predicted octanol–water partition coefficient (Wildman–Crippen LogP) is 1.51. The smallest absolute Gasteiger partial charge is 0.176 e. The van der Waals surface area contributed by atoms with Crippen molar-refractivity contribution in [2.75, 3.05) is 7.05 Å². The third kappa shape index (κ3) is 2.65. The lowest BCUT2D eigenvalue weighted by Crippen LogP contribution is -2.20. The van der Waals surface area contributed by atoms with Crippen molar-refractivity contribution in [3.05, 3.63) is 40.4 Å². The zero-order chi connectivity index (χ0) is 13.1. The molecule has 18 heavy (non-hydrogen) atoms. The van der Waals surface area contributed by atoms with Crippen molar-refractivity contribution in [1.29, 1.82) is 0 Å². The first-order chi connectivity index (χ1) is 8.61. The zero-order valence-electron chi connectivity index (χ0n) is 10.1. The molecule has 1 aromatic heterocycles. The van der Waals surface area contributed by atoms with Crippen LogP contribution >= 0.6 is 11.6 Å². The first-order valence-corrected chi connectivity index (χ1v) is 5.83. The molecule has 96 valence electrons. The minimum atomic E-state index is -0.429. The third-order valence-corrected chi connectivity index (χ3v) is 3.04. The van der Waals surface area contributed by atoms with E-state index in [1.165, 1.54) is 10.9 Å². The van der Waals surface area contributed by atoms with E-state index >= 15 is 0 Å². The Kier molecular flexibility index (Phi) is 3.88. The number of aromatic nitrogens is 4. The van der Waals surface area contributed by atoms with E-state index in [9.17, 15) is 4.39 Å². The molecule has 0 saturated carbocycles. The minimum absolute atomic E-state index is 0.126. The molecule has 0 saturated heterocycles. The van der Waals surface area contributed by atoms with Gasteiger partial charge in [-0.1, -0.05) is 23.7 Å². The average Bonchev–Trinajstić information content (AvgIpc) is 2.76. The van der Waals surface area contributed by atoms with Crippen LogP contribution in [0.1, 0.15) is 17.4 Å². The number of nitrogens with one attached hydrogen (secondary N) is 1. The second kappa shape index (κ2) is 5.41. The second-order valence-electron chi connectivity index (χ2n) is 3.88. The summed E-state index contributed by atoms with van der Waals surface area (Å²) in [5.41, 5.74) is 0.687. The van der Waals surface area contributed by atoms with Crippen LogP contribution in [0.25, 0.3) is 0 Å². The normalized spacial score (nSPS) is 12.7. The Morgan fingerprint density at radius 2 is 2.28 bits per heavy atom. The highest BCUT2D eigenvalue weighted by Gasteiger charge is 2.17. The fraction of sp³-hybridized carbons (Fsp3) is 0.364. The molecule has 0 fully saturated rings. The molecule has 1 N–H and O–H groups in total. The number of nitrogens with zero attached hydrogens (tertiary/aromatic N) is 4. The number of benzene rings is 1. The van der Waals surface area contributed by atoms with Crippen molar-refractivity contribution in [2.45, 2.75) is 12.5 Å².